The standard InChI is InChI=1S/C23H18ClNO3/c1-14-12-15(2)20(19(24)13-14)25-23(28)18-10-8-17(9-11-18)22(27)21(26)16-6-4-3-5-7-16/h3-13H,1-2H3,(H,25,28). The molecule has 28 heavy (non-hydrogen) atoms. The number of aryl methyl sites for hydroxylation is 2. The number of hydrogen-bond donors (Lipinski definition) is 1. The lowest BCUT2D eigenvalue weighted by Gasteiger charge is -2.12. The highest BCUT2D eigenvalue weighted by Gasteiger charge is 2.18. The third-order valence-corrected chi connectivity index (χ3v) is 4.62. The lowest BCUT2D eigenvalue weighted by molar-refractivity contribution is 0.0817. The van der Waals surface area contributed by atoms with Gasteiger partial charge in [-0.2, -0.15) is 0 Å². The summed E-state index contributed by atoms with van der Waals surface area (Å²) in [5, 5.41) is 3.26. The van der Waals surface area contributed by atoms with Gasteiger partial charge >= 0.3 is 0 Å². The third-order valence-electron chi connectivity index (χ3n) is 4.32. The van der Waals surface area contributed by atoms with E-state index in [9.17, 15) is 14.4 Å². The molecule has 1 amide bonds. The molecule has 3 aromatic carbocycles. The normalized spacial score (nSPS) is 10.4. The summed E-state index contributed by atoms with van der Waals surface area (Å²) in [5.74, 6) is -1.54. The summed E-state index contributed by atoms with van der Waals surface area (Å²) in [5.41, 5.74) is 3.34. The molecule has 0 heterocycles. The Labute approximate surface area is 168 Å². The fraction of sp³-hybridized carbons (Fsp3) is 0.0870. The largest absolute Gasteiger partial charge is 0.320 e. The molecule has 0 fully saturated rings. The van der Waals surface area contributed by atoms with E-state index < -0.39 is 11.6 Å². The Balaban J connectivity index is 1.76. The molecule has 0 aliphatic heterocycles. The smallest absolute Gasteiger partial charge is 0.255 e. The zero-order valence-corrected chi connectivity index (χ0v) is 16.2. The van der Waals surface area contributed by atoms with Gasteiger partial charge in [-0.3, -0.25) is 14.4 Å². The number of carbonyl (C=O) groups is 3. The Morgan fingerprint density at radius 3 is 1.86 bits per heavy atom. The number of anilines is 1. The van der Waals surface area contributed by atoms with Crippen molar-refractivity contribution in [3.8, 4) is 0 Å². The van der Waals surface area contributed by atoms with Gasteiger partial charge in [0.25, 0.3) is 5.91 Å². The lowest BCUT2D eigenvalue weighted by atomic mass is 10.0. The molecule has 0 aliphatic rings. The summed E-state index contributed by atoms with van der Waals surface area (Å²) in [7, 11) is 0. The van der Waals surface area contributed by atoms with Crippen LogP contribution in [0.1, 0.15) is 42.2 Å². The molecule has 0 bridgehead atoms. The molecule has 3 rings (SSSR count). The molecule has 3 aromatic rings. The molecule has 0 aromatic heterocycles. The van der Waals surface area contributed by atoms with Crippen LogP contribution in [-0.2, 0) is 0 Å². The molecule has 0 radical (unpaired) electrons. The summed E-state index contributed by atoms with van der Waals surface area (Å²) in [6.45, 7) is 3.79. The molecular weight excluding hydrogens is 374 g/mol. The van der Waals surface area contributed by atoms with Crippen molar-refractivity contribution in [2.75, 3.05) is 5.32 Å². The molecule has 0 spiro atoms. The molecule has 1 N–H and O–H groups in total. The van der Waals surface area contributed by atoms with E-state index >= 15 is 0 Å². The van der Waals surface area contributed by atoms with Gasteiger partial charge in [-0.05, 0) is 43.2 Å². The van der Waals surface area contributed by atoms with Crippen molar-refractivity contribution in [3.05, 3.63) is 99.6 Å². The zero-order chi connectivity index (χ0) is 20.3. The second-order valence-electron chi connectivity index (χ2n) is 6.49. The van der Waals surface area contributed by atoms with Crippen LogP contribution in [0.2, 0.25) is 5.02 Å². The van der Waals surface area contributed by atoms with E-state index in [-0.39, 0.29) is 11.5 Å². The van der Waals surface area contributed by atoms with Crippen LogP contribution in [0.25, 0.3) is 0 Å². The van der Waals surface area contributed by atoms with Crippen molar-refractivity contribution in [2.45, 2.75) is 13.8 Å². The van der Waals surface area contributed by atoms with E-state index in [1.807, 2.05) is 19.9 Å². The summed E-state index contributed by atoms with van der Waals surface area (Å²) in [6.07, 6.45) is 0. The minimum Gasteiger partial charge on any atom is -0.320 e. The molecular formula is C23H18ClNO3. The Kier molecular flexibility index (Phi) is 5.71. The van der Waals surface area contributed by atoms with E-state index in [1.54, 1.807) is 36.4 Å². The molecule has 0 saturated carbocycles. The van der Waals surface area contributed by atoms with Gasteiger partial charge in [0.15, 0.2) is 0 Å². The van der Waals surface area contributed by atoms with Crippen LogP contribution in [0.5, 0.6) is 0 Å². The summed E-state index contributed by atoms with van der Waals surface area (Å²) < 4.78 is 0. The second kappa shape index (κ2) is 8.19. The topological polar surface area (TPSA) is 63.2 Å². The maximum Gasteiger partial charge on any atom is 0.255 e. The van der Waals surface area contributed by atoms with Gasteiger partial charge < -0.3 is 5.32 Å². The Morgan fingerprint density at radius 1 is 0.750 bits per heavy atom. The van der Waals surface area contributed by atoms with Gasteiger partial charge in [0.1, 0.15) is 0 Å². The predicted octanol–water partition coefficient (Wildman–Crippen LogP) is 5.27. The minimum absolute atomic E-state index is 0.231. The van der Waals surface area contributed by atoms with Gasteiger partial charge in [0.05, 0.1) is 10.7 Å². The van der Waals surface area contributed by atoms with Gasteiger partial charge in [-0.25, -0.2) is 0 Å². The first-order valence-corrected chi connectivity index (χ1v) is 9.07. The van der Waals surface area contributed by atoms with Crippen molar-refractivity contribution in [3.63, 3.8) is 0 Å². The molecule has 0 unspecified atom stereocenters. The van der Waals surface area contributed by atoms with Crippen molar-refractivity contribution in [1.29, 1.82) is 0 Å². The zero-order valence-electron chi connectivity index (χ0n) is 15.5. The number of ketones is 2. The third kappa shape index (κ3) is 4.18. The van der Waals surface area contributed by atoms with Crippen LogP contribution in [0.3, 0.4) is 0 Å². The lowest BCUT2D eigenvalue weighted by Crippen LogP contribution is -2.16. The Morgan fingerprint density at radius 2 is 1.29 bits per heavy atom. The molecule has 140 valence electrons. The van der Waals surface area contributed by atoms with Crippen LogP contribution >= 0.6 is 11.6 Å². The van der Waals surface area contributed by atoms with Gasteiger partial charge in [-0.1, -0.05) is 60.1 Å². The van der Waals surface area contributed by atoms with Crippen molar-refractivity contribution in [1.82, 2.24) is 0 Å². The van der Waals surface area contributed by atoms with Crippen molar-refractivity contribution < 1.29 is 14.4 Å². The summed E-state index contributed by atoms with van der Waals surface area (Å²) in [4.78, 5) is 37.2. The number of hydrogen-bond acceptors (Lipinski definition) is 3. The maximum absolute atomic E-state index is 12.5. The first kappa shape index (κ1) is 19.5. The highest BCUT2D eigenvalue weighted by Crippen LogP contribution is 2.27. The van der Waals surface area contributed by atoms with E-state index in [1.165, 1.54) is 24.3 Å². The highest BCUT2D eigenvalue weighted by atomic mass is 35.5. The number of amides is 1. The van der Waals surface area contributed by atoms with E-state index in [0.29, 0.717) is 21.8 Å². The molecule has 0 saturated heterocycles. The number of rotatable bonds is 5. The number of Topliss-reactive ketones (excluding diaryl/α,β-unsaturated/α-hetero) is 2. The molecule has 0 aliphatic carbocycles. The fourth-order valence-corrected chi connectivity index (χ4v) is 3.25. The average molecular weight is 392 g/mol. The van der Waals surface area contributed by atoms with Gasteiger partial charge in [0.2, 0.25) is 11.6 Å². The van der Waals surface area contributed by atoms with Crippen LogP contribution in [-0.4, -0.2) is 17.5 Å². The first-order valence-electron chi connectivity index (χ1n) is 8.69. The quantitative estimate of drug-likeness (QED) is 0.475. The predicted molar refractivity (Wildman–Crippen MR) is 110 cm³/mol. The maximum atomic E-state index is 12.5. The molecule has 5 heteroatoms. The van der Waals surface area contributed by atoms with Gasteiger partial charge in [0, 0.05) is 16.7 Å². The molecule has 0 atom stereocenters. The van der Waals surface area contributed by atoms with Crippen molar-refractivity contribution in [2.24, 2.45) is 0 Å². The number of halogens is 1. The van der Waals surface area contributed by atoms with Crippen LogP contribution in [0.15, 0.2) is 66.7 Å². The summed E-state index contributed by atoms with van der Waals surface area (Å²) in [6, 6.07) is 18.0. The second-order valence-corrected chi connectivity index (χ2v) is 6.90. The summed E-state index contributed by atoms with van der Waals surface area (Å²) >= 11 is 6.23. The van der Waals surface area contributed by atoms with Crippen molar-refractivity contribution >= 4 is 34.8 Å². The van der Waals surface area contributed by atoms with E-state index in [2.05, 4.69) is 5.32 Å². The van der Waals surface area contributed by atoms with Crippen LogP contribution in [0, 0.1) is 13.8 Å². The van der Waals surface area contributed by atoms with Crippen LogP contribution < -0.4 is 5.32 Å². The Bertz CT molecular complexity index is 1030. The SMILES string of the molecule is Cc1cc(C)c(NC(=O)c2ccc(C(=O)C(=O)c3ccccc3)cc2)c(Cl)c1. The Hall–Kier alpha value is -3.24. The van der Waals surface area contributed by atoms with E-state index in [0.717, 1.165) is 11.1 Å². The first-order chi connectivity index (χ1) is 13.4. The van der Waals surface area contributed by atoms with Gasteiger partial charge in [-0.15, -0.1) is 0 Å². The number of carbonyl (C=O) groups excluding carboxylic acids is 3. The van der Waals surface area contributed by atoms with Crippen LogP contribution in [0.4, 0.5) is 5.69 Å². The molecule has 4 nitrogen and oxygen atoms in total. The average Bonchev–Trinajstić information content (AvgIpc) is 2.70. The highest BCUT2D eigenvalue weighted by molar-refractivity contribution is 6.49. The van der Waals surface area contributed by atoms with E-state index in [4.69, 9.17) is 11.6 Å². The fourth-order valence-electron chi connectivity index (χ4n) is 2.88. The minimum atomic E-state index is -0.615. The number of nitrogens with one attached hydrogen (secondary N) is 1. The monoisotopic (exact) mass is 391 g/mol. The number of benzene rings is 3.